The van der Waals surface area contributed by atoms with Crippen LogP contribution in [0, 0.1) is 11.8 Å². The van der Waals surface area contributed by atoms with Crippen LogP contribution in [0.25, 0.3) is 0 Å². The molecule has 0 aromatic carbocycles. The van der Waals surface area contributed by atoms with Crippen LogP contribution in [0.5, 0.6) is 0 Å². The van der Waals surface area contributed by atoms with Gasteiger partial charge >= 0.3 is 0 Å². The van der Waals surface area contributed by atoms with Crippen molar-refractivity contribution in [2.24, 2.45) is 17.6 Å². The van der Waals surface area contributed by atoms with Gasteiger partial charge in [-0.2, -0.15) is 0 Å². The second-order valence-corrected chi connectivity index (χ2v) is 5.86. The first-order valence-corrected chi connectivity index (χ1v) is 7.62. The number of ether oxygens (including phenoxy) is 1. The maximum atomic E-state index is 5.95. The van der Waals surface area contributed by atoms with Crippen molar-refractivity contribution in [3.63, 3.8) is 0 Å². The Morgan fingerprint density at radius 1 is 1.33 bits per heavy atom. The van der Waals surface area contributed by atoms with E-state index in [1.807, 2.05) is 0 Å². The molecular formula is C15H32N2O. The van der Waals surface area contributed by atoms with Crippen molar-refractivity contribution in [2.75, 3.05) is 33.9 Å². The Bertz CT molecular complexity index is 211. The monoisotopic (exact) mass is 256 g/mol. The topological polar surface area (TPSA) is 38.5 Å². The first-order valence-electron chi connectivity index (χ1n) is 7.62. The second kappa shape index (κ2) is 8.89. The zero-order chi connectivity index (χ0) is 13.4. The summed E-state index contributed by atoms with van der Waals surface area (Å²) in [6.45, 7) is 5.14. The minimum atomic E-state index is 0.692. The lowest BCUT2D eigenvalue weighted by Gasteiger charge is -2.41. The van der Waals surface area contributed by atoms with E-state index in [2.05, 4.69) is 18.9 Å². The summed E-state index contributed by atoms with van der Waals surface area (Å²) in [6, 6.07) is 0.692. The van der Waals surface area contributed by atoms with Gasteiger partial charge in [0.15, 0.2) is 0 Å². The highest BCUT2D eigenvalue weighted by Gasteiger charge is 2.31. The summed E-state index contributed by atoms with van der Waals surface area (Å²) >= 11 is 0. The summed E-state index contributed by atoms with van der Waals surface area (Å²) in [6.07, 6.45) is 7.88. The van der Waals surface area contributed by atoms with Crippen LogP contribution in [0.15, 0.2) is 0 Å². The smallest absolute Gasteiger partial charge is 0.0474 e. The van der Waals surface area contributed by atoms with Gasteiger partial charge in [-0.15, -0.1) is 0 Å². The summed E-state index contributed by atoms with van der Waals surface area (Å²) < 4.78 is 5.14. The average molecular weight is 256 g/mol. The van der Waals surface area contributed by atoms with Gasteiger partial charge in [0.1, 0.15) is 0 Å². The van der Waals surface area contributed by atoms with Crippen molar-refractivity contribution in [2.45, 2.75) is 51.5 Å². The van der Waals surface area contributed by atoms with E-state index in [4.69, 9.17) is 10.5 Å². The third-order valence-electron chi connectivity index (χ3n) is 4.49. The molecule has 0 spiro atoms. The SMILES string of the molecule is CCCC1CCC(CN)C(N(C)CCCOC)C1. The molecule has 0 aromatic rings. The van der Waals surface area contributed by atoms with E-state index in [9.17, 15) is 0 Å². The zero-order valence-electron chi connectivity index (χ0n) is 12.5. The van der Waals surface area contributed by atoms with Crippen LogP contribution >= 0.6 is 0 Å². The van der Waals surface area contributed by atoms with Crippen molar-refractivity contribution in [3.05, 3.63) is 0 Å². The number of hydrogen-bond donors (Lipinski definition) is 1. The molecule has 2 N–H and O–H groups in total. The fraction of sp³-hybridized carbons (Fsp3) is 1.00. The molecule has 0 aliphatic heterocycles. The second-order valence-electron chi connectivity index (χ2n) is 5.86. The molecule has 3 atom stereocenters. The summed E-state index contributed by atoms with van der Waals surface area (Å²) in [5.74, 6) is 1.62. The minimum Gasteiger partial charge on any atom is -0.385 e. The fourth-order valence-corrected chi connectivity index (χ4v) is 3.40. The third-order valence-corrected chi connectivity index (χ3v) is 4.49. The Kier molecular flexibility index (Phi) is 7.87. The molecule has 1 rings (SSSR count). The molecule has 0 aromatic heterocycles. The van der Waals surface area contributed by atoms with Crippen LogP contribution in [0.4, 0.5) is 0 Å². The molecule has 0 saturated heterocycles. The molecule has 0 radical (unpaired) electrons. The molecule has 1 saturated carbocycles. The molecule has 1 fully saturated rings. The van der Waals surface area contributed by atoms with Crippen LogP contribution in [0.2, 0.25) is 0 Å². The number of hydrogen-bond acceptors (Lipinski definition) is 3. The van der Waals surface area contributed by atoms with Gasteiger partial charge < -0.3 is 15.4 Å². The Balaban J connectivity index is 2.45. The quantitative estimate of drug-likeness (QED) is 0.678. The first-order chi connectivity index (χ1) is 8.72. The van der Waals surface area contributed by atoms with Gasteiger partial charge in [0.05, 0.1) is 0 Å². The molecule has 0 amide bonds. The lowest BCUT2D eigenvalue weighted by Crippen LogP contribution is -2.45. The van der Waals surface area contributed by atoms with Crippen LogP contribution in [-0.4, -0.2) is 44.8 Å². The molecular weight excluding hydrogens is 224 g/mol. The zero-order valence-corrected chi connectivity index (χ0v) is 12.5. The maximum absolute atomic E-state index is 5.95. The van der Waals surface area contributed by atoms with Crippen molar-refractivity contribution in [1.82, 2.24) is 4.90 Å². The van der Waals surface area contributed by atoms with E-state index in [-0.39, 0.29) is 0 Å². The van der Waals surface area contributed by atoms with Crippen LogP contribution in [0.3, 0.4) is 0 Å². The Hall–Kier alpha value is -0.120. The van der Waals surface area contributed by atoms with Gasteiger partial charge in [0, 0.05) is 26.3 Å². The largest absolute Gasteiger partial charge is 0.385 e. The molecule has 3 unspecified atom stereocenters. The summed E-state index contributed by atoms with van der Waals surface area (Å²) in [5, 5.41) is 0. The predicted octanol–water partition coefficient (Wildman–Crippen LogP) is 2.50. The average Bonchev–Trinajstić information content (AvgIpc) is 2.39. The summed E-state index contributed by atoms with van der Waals surface area (Å²) in [5.41, 5.74) is 5.95. The van der Waals surface area contributed by atoms with Gasteiger partial charge in [-0.05, 0) is 44.7 Å². The molecule has 18 heavy (non-hydrogen) atoms. The summed E-state index contributed by atoms with van der Waals surface area (Å²) in [7, 11) is 4.04. The number of methoxy groups -OCH3 is 1. The van der Waals surface area contributed by atoms with Gasteiger partial charge in [0.25, 0.3) is 0 Å². The standard InChI is InChI=1S/C15H32N2O/c1-4-6-13-7-8-14(12-16)15(11-13)17(2)9-5-10-18-3/h13-15H,4-12,16H2,1-3H3. The Morgan fingerprint density at radius 3 is 2.72 bits per heavy atom. The summed E-state index contributed by atoms with van der Waals surface area (Å²) in [4.78, 5) is 2.53. The number of nitrogens with zero attached hydrogens (tertiary/aromatic N) is 1. The Morgan fingerprint density at radius 2 is 2.11 bits per heavy atom. The highest BCUT2D eigenvalue weighted by Crippen LogP contribution is 2.33. The van der Waals surface area contributed by atoms with Crippen molar-refractivity contribution in [3.8, 4) is 0 Å². The van der Waals surface area contributed by atoms with E-state index >= 15 is 0 Å². The predicted molar refractivity (Wildman–Crippen MR) is 77.7 cm³/mol. The van der Waals surface area contributed by atoms with Crippen molar-refractivity contribution in [1.29, 1.82) is 0 Å². The minimum absolute atomic E-state index is 0.692. The molecule has 3 nitrogen and oxygen atoms in total. The lowest BCUT2D eigenvalue weighted by atomic mass is 9.76. The van der Waals surface area contributed by atoms with E-state index in [1.54, 1.807) is 7.11 Å². The molecule has 3 heteroatoms. The molecule has 1 aliphatic carbocycles. The van der Waals surface area contributed by atoms with Gasteiger partial charge in [-0.25, -0.2) is 0 Å². The van der Waals surface area contributed by atoms with Crippen LogP contribution < -0.4 is 5.73 Å². The van der Waals surface area contributed by atoms with Crippen LogP contribution in [-0.2, 0) is 4.74 Å². The van der Waals surface area contributed by atoms with Gasteiger partial charge in [0.2, 0.25) is 0 Å². The van der Waals surface area contributed by atoms with E-state index in [0.29, 0.717) is 12.0 Å². The van der Waals surface area contributed by atoms with Gasteiger partial charge in [-0.3, -0.25) is 0 Å². The highest BCUT2D eigenvalue weighted by molar-refractivity contribution is 4.86. The lowest BCUT2D eigenvalue weighted by molar-refractivity contribution is 0.0897. The number of rotatable bonds is 8. The third kappa shape index (κ3) is 4.87. The van der Waals surface area contributed by atoms with Crippen molar-refractivity contribution >= 4 is 0 Å². The van der Waals surface area contributed by atoms with E-state index in [0.717, 1.165) is 32.0 Å². The van der Waals surface area contributed by atoms with E-state index in [1.165, 1.54) is 32.1 Å². The normalized spacial score (nSPS) is 28.8. The highest BCUT2D eigenvalue weighted by atomic mass is 16.5. The van der Waals surface area contributed by atoms with E-state index < -0.39 is 0 Å². The molecule has 1 aliphatic rings. The van der Waals surface area contributed by atoms with Gasteiger partial charge in [-0.1, -0.05) is 26.2 Å². The van der Waals surface area contributed by atoms with Crippen LogP contribution in [0.1, 0.15) is 45.4 Å². The maximum Gasteiger partial charge on any atom is 0.0474 e. The fourth-order valence-electron chi connectivity index (χ4n) is 3.40. The molecule has 108 valence electrons. The van der Waals surface area contributed by atoms with Crippen molar-refractivity contribution < 1.29 is 4.74 Å². The number of nitrogens with two attached hydrogens (primary N) is 1. The first kappa shape index (κ1) is 15.9. The Labute approximate surface area is 113 Å². The molecule has 0 heterocycles. The molecule has 0 bridgehead atoms.